The van der Waals surface area contributed by atoms with E-state index in [1.165, 1.54) is 42.6 Å². The highest BCUT2D eigenvalue weighted by molar-refractivity contribution is 14.1. The molecule has 3 spiro atoms. The molecule has 6 aliphatic carbocycles. The molecule has 5 aromatic carbocycles. The van der Waals surface area contributed by atoms with Gasteiger partial charge in [-0.1, -0.05) is 135 Å². The van der Waals surface area contributed by atoms with Gasteiger partial charge in [0.2, 0.25) is 22.6 Å². The fourth-order valence-electron chi connectivity index (χ4n) is 18.4. The second-order valence-corrected chi connectivity index (χ2v) is 34.7. The fraction of sp³-hybridized carbons (Fsp3) is 0.353. The maximum atomic E-state index is 14.3. The van der Waals surface area contributed by atoms with Crippen LogP contribution in [0.25, 0.3) is 31.7 Å². The van der Waals surface area contributed by atoms with Gasteiger partial charge in [0.25, 0.3) is 17.7 Å². The molecule has 25 nitrogen and oxygen atoms in total. The van der Waals surface area contributed by atoms with Crippen LogP contribution >= 0.6 is 56.6 Å². The Balaban J connectivity index is 0.000000131. The molecule has 3 aliphatic heterocycles. The third kappa shape index (κ3) is 15.7. The molecular formula is C85H77F9IN15O10S3. The summed E-state index contributed by atoms with van der Waals surface area (Å²) in [7, 11) is 9.27. The van der Waals surface area contributed by atoms with E-state index in [9.17, 15) is 73.4 Å². The number of hydrogen-bond donors (Lipinski definition) is 2. The lowest BCUT2D eigenvalue weighted by atomic mass is 9.98. The summed E-state index contributed by atoms with van der Waals surface area (Å²) in [6.07, 6.45) is 8.16. The van der Waals surface area contributed by atoms with Gasteiger partial charge < -0.3 is 29.7 Å². The topological polar surface area (TPSA) is 279 Å². The summed E-state index contributed by atoms with van der Waals surface area (Å²) in [5.41, 5.74) is 0.155. The lowest BCUT2D eigenvalue weighted by Gasteiger charge is -2.52. The zero-order chi connectivity index (χ0) is 87.2. The number of aromatic nitrogens is 9. The van der Waals surface area contributed by atoms with Crippen LogP contribution in [0.15, 0.2) is 148 Å². The Morgan fingerprint density at radius 1 is 0.488 bits per heavy atom. The first-order valence-corrected chi connectivity index (χ1v) is 43.7. The summed E-state index contributed by atoms with van der Waals surface area (Å²) in [6.45, 7) is 0.207. The normalized spacial score (nSPS) is 22.5. The Bertz CT molecular complexity index is 6200. The number of hydrogen-bond acceptors (Lipinski definition) is 22. The molecule has 3 amide bonds. The summed E-state index contributed by atoms with van der Waals surface area (Å²) in [5.74, 6) is -2.90. The van der Waals surface area contributed by atoms with Crippen molar-refractivity contribution in [2.24, 2.45) is 35.5 Å². The number of alkyl halides is 4. The summed E-state index contributed by atoms with van der Waals surface area (Å²) < 4.78 is 131. The van der Waals surface area contributed by atoms with Crippen LogP contribution in [-0.4, -0.2) is 147 Å². The number of carbonyl (C=O) groups excluding carboxylic acids is 4. The van der Waals surface area contributed by atoms with Gasteiger partial charge in [0.1, 0.15) is 80.1 Å². The van der Waals surface area contributed by atoms with E-state index in [1.807, 2.05) is 104 Å². The van der Waals surface area contributed by atoms with Gasteiger partial charge in [0.15, 0.2) is 49.4 Å². The third-order valence-electron chi connectivity index (χ3n) is 24.8. The van der Waals surface area contributed by atoms with Gasteiger partial charge in [-0.2, -0.15) is 13.2 Å². The molecule has 6 fully saturated rings. The number of amides is 3. The van der Waals surface area contributed by atoms with Crippen LogP contribution in [0.4, 0.5) is 39.5 Å². The first-order chi connectivity index (χ1) is 58.9. The van der Waals surface area contributed by atoms with Crippen molar-refractivity contribution in [2.45, 2.75) is 113 Å². The average molecular weight is 1860 g/mol. The molecule has 640 valence electrons. The molecule has 6 saturated carbocycles. The van der Waals surface area contributed by atoms with Gasteiger partial charge in [-0.05, 0) is 126 Å². The van der Waals surface area contributed by atoms with Gasteiger partial charge in [-0.3, -0.25) is 62.6 Å². The number of halogens is 10. The maximum absolute atomic E-state index is 14.3. The zero-order valence-corrected chi connectivity index (χ0v) is 71.1. The van der Waals surface area contributed by atoms with Gasteiger partial charge in [-0.25, -0.2) is 26.3 Å². The number of fused-ring (bicyclic) bond motifs is 9. The number of ether oxygens (including phenoxy) is 2. The van der Waals surface area contributed by atoms with Crippen LogP contribution in [0.1, 0.15) is 132 Å². The molecule has 0 saturated heterocycles. The van der Waals surface area contributed by atoms with Crippen molar-refractivity contribution in [3.8, 4) is 49.0 Å². The quantitative estimate of drug-likeness (QED) is 0.0417. The molecule has 2 N–H and O–H groups in total. The van der Waals surface area contributed by atoms with Crippen LogP contribution in [0.3, 0.4) is 0 Å². The Hall–Kier alpha value is -11.4. The van der Waals surface area contributed by atoms with E-state index in [-0.39, 0.29) is 111 Å². The number of carbonyl (C=O) groups is 4. The number of aromatic hydroxyl groups is 1. The monoisotopic (exact) mass is 1860 g/mol. The Morgan fingerprint density at radius 3 is 1.20 bits per heavy atom. The minimum absolute atomic E-state index is 0.0448. The maximum Gasteiger partial charge on any atom is 0.446 e. The van der Waals surface area contributed by atoms with Crippen LogP contribution in [0.5, 0.6) is 17.2 Å². The van der Waals surface area contributed by atoms with Gasteiger partial charge in [-0.15, -0.1) is 30.6 Å². The number of nitrogens with zero attached hydrogens (tertiary/aromatic N) is 14. The number of pyridine rings is 3. The van der Waals surface area contributed by atoms with E-state index in [1.54, 1.807) is 43.3 Å². The molecule has 38 heteroatoms. The van der Waals surface area contributed by atoms with E-state index < -0.39 is 92.3 Å². The van der Waals surface area contributed by atoms with Crippen LogP contribution < -0.4 is 46.1 Å². The number of aldehydes is 1. The van der Waals surface area contributed by atoms with Gasteiger partial charge in [0, 0.05) is 109 Å². The largest absolute Gasteiger partial charge is 0.502 e. The highest BCUT2D eigenvalue weighted by Gasteiger charge is 2.67. The fourth-order valence-corrected chi connectivity index (χ4v) is 21.0. The minimum atomic E-state index is -4.64. The van der Waals surface area contributed by atoms with Crippen molar-refractivity contribution in [1.82, 2.24) is 59.7 Å². The molecule has 9 aliphatic rings. The van der Waals surface area contributed by atoms with Crippen LogP contribution in [0.2, 0.25) is 0 Å². The van der Waals surface area contributed by atoms with Gasteiger partial charge >= 0.3 is 6.18 Å². The average Bonchev–Trinajstić information content (AvgIpc) is 1.55. The molecule has 0 radical (unpaired) electrons. The molecule has 20 rings (SSSR count). The lowest BCUT2D eigenvalue weighted by Crippen LogP contribution is -2.68. The van der Waals surface area contributed by atoms with Crippen LogP contribution in [-0.2, 0) is 37.3 Å². The number of rotatable bonds is 15. The van der Waals surface area contributed by atoms with Crippen molar-refractivity contribution >= 4 is 80.6 Å². The SMILES string of the molecule is CI.CN1C(=O)c2c(O)c(=O)c(-c3nnc(Cc4ccc(F)cc4F)s3)cn2N(C)C12CC[C@@H]1C[C@@H]12.CN1C(=O)c2c(OCc3ccccc3)c(=O)c(-c3nnc(Cc4ccc(F)cc4F)s3)cn2N(C)C12CC[C@@H]1C[C@@H]12.CN1n2cc(-c3nnc(Cc4ccc(F)cc4F)s3)c(=O)c(OCc3ccccc3)c2C(=O)NC12CC[C@@H]1C[C@@H]12.O=CC(F)(F)F. The molecule has 3 unspecified atom stereocenters. The van der Waals surface area contributed by atoms with Crippen molar-refractivity contribution in [3.05, 3.63) is 259 Å². The van der Waals surface area contributed by atoms with Crippen molar-refractivity contribution < 1.29 is 73.3 Å². The highest BCUT2D eigenvalue weighted by atomic mass is 127. The molecule has 123 heavy (non-hydrogen) atoms. The predicted molar refractivity (Wildman–Crippen MR) is 446 cm³/mol. The third-order valence-corrected chi connectivity index (χ3v) is 27.7. The molecule has 11 aromatic rings. The van der Waals surface area contributed by atoms with Crippen molar-refractivity contribution in [1.29, 1.82) is 0 Å². The second kappa shape index (κ2) is 33.4. The molecule has 6 aromatic heterocycles. The Labute approximate surface area is 721 Å². The van der Waals surface area contributed by atoms with Crippen LogP contribution in [0, 0.1) is 70.4 Å². The van der Waals surface area contributed by atoms with E-state index in [2.05, 4.69) is 63.5 Å². The summed E-state index contributed by atoms with van der Waals surface area (Å²) in [6, 6.07) is 28.9. The molecule has 9 atom stereocenters. The Morgan fingerprint density at radius 2 is 0.846 bits per heavy atom. The minimum Gasteiger partial charge on any atom is -0.502 e. The first-order valence-electron chi connectivity index (χ1n) is 39.1. The zero-order valence-electron chi connectivity index (χ0n) is 66.5. The molecule has 0 bridgehead atoms. The summed E-state index contributed by atoms with van der Waals surface area (Å²) in [5, 5.41) is 47.3. The van der Waals surface area contributed by atoms with E-state index in [4.69, 9.17) is 14.3 Å². The number of nitrogens with one attached hydrogen (secondary N) is 1. The molecular weight excluding hydrogens is 1790 g/mol. The summed E-state index contributed by atoms with van der Waals surface area (Å²) in [4.78, 5) is 95.8. The predicted octanol–water partition coefficient (Wildman–Crippen LogP) is 13.4. The molecule has 9 heterocycles. The first kappa shape index (κ1) is 85.2. The van der Waals surface area contributed by atoms with E-state index in [0.29, 0.717) is 60.5 Å². The number of benzene rings is 5. The standard InChI is InChI=1S/C30H27F2N5O3S.C29H25F2N5O3S.C23H21F2N5O3S.C2HF3O.CH3I/c1-35-29(39)25-27(40-16-17-6-4-3-5-7-17)26(38)21(15-37(25)36(2)30(35)11-10-18-12-22(18)30)28-34-33-24(41-28)13-19-8-9-20(31)14-23(19)32;1-35-29(10-9-17-11-21(17)29)32-27(38)24-26(39-15-16-5-3-2-4-6-16)25(37)20(14-36(24)35)28-34-33-23(40-28)12-18-7-8-19(30)13-22(18)31;1-28-22(33)18-20(32)19(31)14(10-30(18)29(2)23(28)6-5-11-7-15(11)23)21-27-26-17(34-21)8-12-3-4-13(24)9-16(12)25;3-2(4,5)1-6;1-2/h3-9,14-15,18,22H,10-13,16H2,1-2H3;2-8,13-14,17,21H,9-12,15H2,1H3,(H,32,38);3-4,9-11,15,32H,5-8H2,1-2H3;1H;1H3/t18-,22+,30?;17-,21+,29?;11-,15+,23?;;/m111../s1. The highest BCUT2D eigenvalue weighted by Crippen LogP contribution is 2.63. The van der Waals surface area contributed by atoms with Gasteiger partial charge in [0.05, 0.1) is 16.7 Å². The smallest absolute Gasteiger partial charge is 0.446 e. The second-order valence-electron chi connectivity index (χ2n) is 31.5. The van der Waals surface area contributed by atoms with E-state index in [0.717, 1.165) is 121 Å². The Kier molecular flexibility index (Phi) is 23.1. The van der Waals surface area contributed by atoms with Crippen molar-refractivity contribution in [3.63, 3.8) is 0 Å². The van der Waals surface area contributed by atoms with E-state index >= 15 is 0 Å². The summed E-state index contributed by atoms with van der Waals surface area (Å²) >= 11 is 5.53. The van der Waals surface area contributed by atoms with Crippen molar-refractivity contribution in [2.75, 3.05) is 55.2 Å². The lowest BCUT2D eigenvalue weighted by molar-refractivity contribution is -0.156.